The number of rotatable bonds is 5. The summed E-state index contributed by atoms with van der Waals surface area (Å²) in [4.78, 5) is 17.7. The molecule has 2 aromatic rings. The molecule has 1 heterocycles. The Hall–Kier alpha value is -1.36. The van der Waals surface area contributed by atoms with E-state index in [4.69, 9.17) is 10.7 Å². The molecule has 0 radical (unpaired) electrons. The molecule has 0 bridgehead atoms. The maximum absolute atomic E-state index is 12.8. The topological polar surface area (TPSA) is 68.0 Å². The third kappa shape index (κ3) is 4.30. The molecule has 4 rings (SSSR count). The molecule has 2 saturated carbocycles. The Morgan fingerprint density at radius 1 is 1.19 bits per heavy atom. The lowest BCUT2D eigenvalue weighted by molar-refractivity contribution is 0.0952. The first-order valence-electron chi connectivity index (χ1n) is 8.98. The van der Waals surface area contributed by atoms with Gasteiger partial charge in [0.15, 0.2) is 0 Å². The molecule has 6 heteroatoms. The zero-order chi connectivity index (χ0) is 16.8. The van der Waals surface area contributed by atoms with Crippen molar-refractivity contribution < 1.29 is 4.79 Å². The van der Waals surface area contributed by atoms with Crippen LogP contribution in [0.2, 0.25) is 0 Å². The Balaban J connectivity index is 0.00000121. The van der Waals surface area contributed by atoms with Crippen molar-refractivity contribution in [3.05, 3.63) is 40.6 Å². The number of carbonyl (C=O) groups excluding carboxylic acids is 1. The SMILES string of the molecule is Cc1cc(C)c2nc(C3CC3)cc(C(=O)NCC(N)C3CC3)c2c1.Cl.Cl. The van der Waals surface area contributed by atoms with Crippen molar-refractivity contribution in [3.63, 3.8) is 0 Å². The van der Waals surface area contributed by atoms with Gasteiger partial charge in [0.1, 0.15) is 0 Å². The van der Waals surface area contributed by atoms with Gasteiger partial charge in [0.25, 0.3) is 5.91 Å². The van der Waals surface area contributed by atoms with E-state index in [0.29, 0.717) is 18.4 Å². The van der Waals surface area contributed by atoms with Crippen LogP contribution in [0.3, 0.4) is 0 Å². The highest BCUT2D eigenvalue weighted by atomic mass is 35.5. The van der Waals surface area contributed by atoms with Crippen molar-refractivity contribution in [2.75, 3.05) is 6.54 Å². The van der Waals surface area contributed by atoms with Crippen LogP contribution >= 0.6 is 24.8 Å². The molecule has 1 amide bonds. The van der Waals surface area contributed by atoms with E-state index in [2.05, 4.69) is 31.3 Å². The van der Waals surface area contributed by atoms with Crippen molar-refractivity contribution in [2.45, 2.75) is 51.5 Å². The molecule has 2 aliphatic carbocycles. The number of hydrogen-bond donors (Lipinski definition) is 2. The number of pyridine rings is 1. The standard InChI is InChI=1S/C20H25N3O.2ClH/c1-11-7-12(2)19-15(8-11)16(9-18(23-19)14-5-6-14)20(24)22-10-17(21)13-3-4-13;;/h7-9,13-14,17H,3-6,10,21H2,1-2H3,(H,22,24);2*1H. The molecule has 1 aromatic carbocycles. The molecule has 0 aliphatic heterocycles. The van der Waals surface area contributed by atoms with Crippen LogP contribution in [0.4, 0.5) is 0 Å². The summed E-state index contributed by atoms with van der Waals surface area (Å²) < 4.78 is 0. The average Bonchev–Trinajstić information content (AvgIpc) is 3.43. The molecule has 26 heavy (non-hydrogen) atoms. The first kappa shape index (κ1) is 20.9. The molecule has 4 nitrogen and oxygen atoms in total. The minimum absolute atomic E-state index is 0. The summed E-state index contributed by atoms with van der Waals surface area (Å²) in [7, 11) is 0. The van der Waals surface area contributed by atoms with E-state index in [1.165, 1.54) is 25.7 Å². The highest BCUT2D eigenvalue weighted by Gasteiger charge is 2.30. The van der Waals surface area contributed by atoms with Gasteiger partial charge in [-0.15, -0.1) is 24.8 Å². The predicted octanol–water partition coefficient (Wildman–Crippen LogP) is 4.04. The van der Waals surface area contributed by atoms with E-state index in [9.17, 15) is 4.79 Å². The van der Waals surface area contributed by atoms with Crippen molar-refractivity contribution in [2.24, 2.45) is 11.7 Å². The van der Waals surface area contributed by atoms with Gasteiger partial charge in [-0.1, -0.05) is 11.6 Å². The largest absolute Gasteiger partial charge is 0.350 e. The molecular weight excluding hydrogens is 369 g/mol. The molecule has 2 aliphatic rings. The molecule has 3 N–H and O–H groups in total. The predicted molar refractivity (Wildman–Crippen MR) is 111 cm³/mol. The smallest absolute Gasteiger partial charge is 0.252 e. The Morgan fingerprint density at radius 2 is 1.88 bits per heavy atom. The Kier molecular flexibility index (Phi) is 6.54. The minimum Gasteiger partial charge on any atom is -0.350 e. The first-order valence-corrected chi connectivity index (χ1v) is 8.98. The van der Waals surface area contributed by atoms with Gasteiger partial charge in [0, 0.05) is 29.6 Å². The molecule has 0 saturated heterocycles. The van der Waals surface area contributed by atoms with E-state index in [1.807, 2.05) is 6.07 Å². The van der Waals surface area contributed by atoms with Gasteiger partial charge in [0.05, 0.1) is 11.1 Å². The van der Waals surface area contributed by atoms with Crippen molar-refractivity contribution in [3.8, 4) is 0 Å². The van der Waals surface area contributed by atoms with Crippen LogP contribution in [0, 0.1) is 19.8 Å². The lowest BCUT2D eigenvalue weighted by Gasteiger charge is -2.15. The molecule has 1 atom stereocenters. The van der Waals surface area contributed by atoms with Crippen LogP contribution in [0.15, 0.2) is 18.2 Å². The molecule has 1 unspecified atom stereocenters. The highest BCUT2D eigenvalue weighted by molar-refractivity contribution is 6.07. The first-order chi connectivity index (χ1) is 11.5. The quantitative estimate of drug-likeness (QED) is 0.802. The molecule has 2 fully saturated rings. The van der Waals surface area contributed by atoms with Crippen LogP contribution in [0.5, 0.6) is 0 Å². The summed E-state index contributed by atoms with van der Waals surface area (Å²) in [5, 5.41) is 4.00. The van der Waals surface area contributed by atoms with Crippen molar-refractivity contribution in [1.29, 1.82) is 0 Å². The average molecular weight is 396 g/mol. The van der Waals surface area contributed by atoms with Crippen molar-refractivity contribution >= 4 is 41.6 Å². The second-order valence-corrected chi connectivity index (χ2v) is 7.56. The third-order valence-corrected chi connectivity index (χ3v) is 5.23. The maximum atomic E-state index is 12.8. The number of hydrogen-bond acceptors (Lipinski definition) is 3. The third-order valence-electron chi connectivity index (χ3n) is 5.23. The van der Waals surface area contributed by atoms with Crippen LogP contribution in [0.25, 0.3) is 10.9 Å². The number of aryl methyl sites for hydroxylation is 2. The van der Waals surface area contributed by atoms with Crippen LogP contribution in [-0.4, -0.2) is 23.5 Å². The van der Waals surface area contributed by atoms with Gasteiger partial charge in [0.2, 0.25) is 0 Å². The molecular formula is C20H27Cl2N3O. The molecule has 1 aromatic heterocycles. The van der Waals surface area contributed by atoms with E-state index in [1.54, 1.807) is 0 Å². The number of aromatic nitrogens is 1. The lowest BCUT2D eigenvalue weighted by atomic mass is 10.00. The summed E-state index contributed by atoms with van der Waals surface area (Å²) in [6.45, 7) is 4.69. The second kappa shape index (κ2) is 8.12. The number of halogens is 2. The summed E-state index contributed by atoms with van der Waals surface area (Å²) in [5.41, 5.74) is 11.2. The number of amides is 1. The fourth-order valence-electron chi connectivity index (χ4n) is 3.47. The van der Waals surface area contributed by atoms with E-state index >= 15 is 0 Å². The zero-order valence-electron chi connectivity index (χ0n) is 15.2. The van der Waals surface area contributed by atoms with Crippen molar-refractivity contribution in [1.82, 2.24) is 10.3 Å². The van der Waals surface area contributed by atoms with Gasteiger partial charge >= 0.3 is 0 Å². The Bertz CT molecular complexity index is 816. The zero-order valence-corrected chi connectivity index (χ0v) is 16.9. The Morgan fingerprint density at radius 3 is 2.50 bits per heavy atom. The number of benzene rings is 1. The monoisotopic (exact) mass is 395 g/mol. The summed E-state index contributed by atoms with van der Waals surface area (Å²) in [6.07, 6.45) is 4.74. The van der Waals surface area contributed by atoms with Gasteiger partial charge in [-0.25, -0.2) is 0 Å². The normalized spacial score (nSPS) is 17.2. The number of nitrogens with two attached hydrogens (primary N) is 1. The van der Waals surface area contributed by atoms with E-state index in [-0.39, 0.29) is 36.8 Å². The van der Waals surface area contributed by atoms with Crippen LogP contribution in [0.1, 0.15) is 58.8 Å². The fourth-order valence-corrected chi connectivity index (χ4v) is 3.47. The summed E-state index contributed by atoms with van der Waals surface area (Å²) >= 11 is 0. The van der Waals surface area contributed by atoms with Crippen LogP contribution < -0.4 is 11.1 Å². The second-order valence-electron chi connectivity index (χ2n) is 7.56. The lowest BCUT2D eigenvalue weighted by Crippen LogP contribution is -2.38. The fraction of sp³-hybridized carbons (Fsp3) is 0.500. The minimum atomic E-state index is -0.0228. The van der Waals surface area contributed by atoms with Gasteiger partial charge < -0.3 is 11.1 Å². The number of nitrogens with zero attached hydrogens (tertiary/aromatic N) is 1. The van der Waals surface area contributed by atoms with E-state index < -0.39 is 0 Å². The number of fused-ring (bicyclic) bond motifs is 1. The summed E-state index contributed by atoms with van der Waals surface area (Å²) in [5.74, 6) is 1.09. The van der Waals surface area contributed by atoms with Gasteiger partial charge in [-0.2, -0.15) is 0 Å². The van der Waals surface area contributed by atoms with Gasteiger partial charge in [-0.3, -0.25) is 9.78 Å². The van der Waals surface area contributed by atoms with E-state index in [0.717, 1.165) is 33.3 Å². The molecule has 0 spiro atoms. The highest BCUT2D eigenvalue weighted by Crippen LogP contribution is 2.40. The van der Waals surface area contributed by atoms with Crippen LogP contribution in [-0.2, 0) is 0 Å². The number of carbonyl (C=O) groups is 1. The maximum Gasteiger partial charge on any atom is 0.252 e. The van der Waals surface area contributed by atoms with Gasteiger partial charge in [-0.05, 0) is 63.1 Å². The summed E-state index contributed by atoms with van der Waals surface area (Å²) in [6, 6.07) is 6.28. The molecule has 142 valence electrons. The Labute approximate surface area is 167 Å². The number of nitrogens with one attached hydrogen (secondary N) is 1.